The van der Waals surface area contributed by atoms with Crippen LogP contribution in [0.3, 0.4) is 0 Å². The molecule has 8 heteroatoms. The summed E-state index contributed by atoms with van der Waals surface area (Å²) in [4.78, 5) is 35.0. The Labute approximate surface area is 187 Å². The van der Waals surface area contributed by atoms with Gasteiger partial charge >= 0.3 is 0 Å². The van der Waals surface area contributed by atoms with Gasteiger partial charge in [0.1, 0.15) is 0 Å². The maximum Gasteiger partial charge on any atom is 0.264 e. The van der Waals surface area contributed by atoms with Gasteiger partial charge in [-0.2, -0.15) is 4.98 Å². The van der Waals surface area contributed by atoms with Gasteiger partial charge in [0.2, 0.25) is 11.8 Å². The lowest BCUT2D eigenvalue weighted by atomic mass is 10.00. The van der Waals surface area contributed by atoms with Gasteiger partial charge in [-0.3, -0.25) is 9.59 Å². The van der Waals surface area contributed by atoms with E-state index in [1.807, 2.05) is 37.8 Å². The van der Waals surface area contributed by atoms with Crippen LogP contribution in [0.4, 0.5) is 0 Å². The molecule has 168 valence electrons. The standard InChI is InChI=1S/C23H32N4O3S/c1-14(2)20-25-22(30-26-20)16-12-17-18(13-16)27(23(29)19-9-8-15(3)31-19)11-7-5-4-6-10-24-21(17)28/h8-9,14,16-18H,4-7,10-13H2,1-3H3,(H,24,28)/t16-,17-,18+/m1/s1. The average molecular weight is 445 g/mol. The Hall–Kier alpha value is -2.22. The van der Waals surface area contributed by atoms with Crippen molar-refractivity contribution in [2.45, 2.75) is 77.2 Å². The smallest absolute Gasteiger partial charge is 0.264 e. The highest BCUT2D eigenvalue weighted by atomic mass is 32.1. The van der Waals surface area contributed by atoms with E-state index in [2.05, 4.69) is 15.5 Å². The van der Waals surface area contributed by atoms with Crippen molar-refractivity contribution >= 4 is 23.2 Å². The fourth-order valence-corrected chi connectivity index (χ4v) is 5.53. The molecule has 0 aromatic carbocycles. The van der Waals surface area contributed by atoms with Gasteiger partial charge < -0.3 is 14.7 Å². The topological polar surface area (TPSA) is 88.3 Å². The van der Waals surface area contributed by atoms with Crippen LogP contribution in [0.1, 0.15) is 90.5 Å². The molecule has 1 saturated carbocycles. The molecule has 7 nitrogen and oxygen atoms in total. The van der Waals surface area contributed by atoms with Gasteiger partial charge in [-0.25, -0.2) is 0 Å². The number of rotatable bonds is 3. The summed E-state index contributed by atoms with van der Waals surface area (Å²) in [5, 5.41) is 7.22. The van der Waals surface area contributed by atoms with Crippen LogP contribution in [0.25, 0.3) is 0 Å². The predicted molar refractivity (Wildman–Crippen MR) is 119 cm³/mol. The molecule has 1 aliphatic heterocycles. The molecule has 3 heterocycles. The maximum atomic E-state index is 13.5. The largest absolute Gasteiger partial charge is 0.356 e. The van der Waals surface area contributed by atoms with Crippen molar-refractivity contribution in [1.29, 1.82) is 0 Å². The number of aromatic nitrogens is 2. The van der Waals surface area contributed by atoms with Gasteiger partial charge in [0.25, 0.3) is 5.91 Å². The number of hydrogen-bond donors (Lipinski definition) is 1. The van der Waals surface area contributed by atoms with Crippen LogP contribution in [-0.4, -0.2) is 46.0 Å². The highest BCUT2D eigenvalue weighted by Crippen LogP contribution is 2.42. The molecule has 1 saturated heterocycles. The molecule has 0 spiro atoms. The summed E-state index contributed by atoms with van der Waals surface area (Å²) in [5.74, 6) is 1.28. The summed E-state index contributed by atoms with van der Waals surface area (Å²) in [6.07, 6.45) is 5.36. The number of nitrogens with zero attached hydrogens (tertiary/aromatic N) is 3. The van der Waals surface area contributed by atoms with Crippen molar-refractivity contribution in [2.75, 3.05) is 13.1 Å². The summed E-state index contributed by atoms with van der Waals surface area (Å²) in [6, 6.07) is 3.73. The highest BCUT2D eigenvalue weighted by Gasteiger charge is 2.45. The number of hydrogen-bond acceptors (Lipinski definition) is 6. The SMILES string of the molecule is Cc1ccc(C(=O)N2CCCCCCNC(=O)[C@@H]3C[C@@H](c4nc(C(C)C)no4)C[C@@H]32)s1. The van der Waals surface area contributed by atoms with Crippen LogP contribution in [0.2, 0.25) is 0 Å². The number of carbonyl (C=O) groups is 2. The Morgan fingerprint density at radius 2 is 2.03 bits per heavy atom. The third kappa shape index (κ3) is 4.84. The van der Waals surface area contributed by atoms with E-state index >= 15 is 0 Å². The Morgan fingerprint density at radius 1 is 1.23 bits per heavy atom. The first kappa shape index (κ1) is 22.0. The molecule has 2 fully saturated rings. The second-order valence-corrected chi connectivity index (χ2v) is 10.4. The second-order valence-electron chi connectivity index (χ2n) is 9.10. The summed E-state index contributed by atoms with van der Waals surface area (Å²) in [7, 11) is 0. The first-order valence-electron chi connectivity index (χ1n) is 11.4. The number of thiophene rings is 1. The molecular weight excluding hydrogens is 412 g/mol. The summed E-state index contributed by atoms with van der Waals surface area (Å²) < 4.78 is 5.57. The Balaban J connectivity index is 1.63. The van der Waals surface area contributed by atoms with Crippen LogP contribution >= 0.6 is 11.3 Å². The van der Waals surface area contributed by atoms with Crippen molar-refractivity contribution < 1.29 is 14.1 Å². The van der Waals surface area contributed by atoms with Crippen molar-refractivity contribution in [1.82, 2.24) is 20.4 Å². The molecule has 2 aliphatic rings. The number of nitrogens with one attached hydrogen (secondary N) is 1. The van der Waals surface area contributed by atoms with Gasteiger partial charge in [-0.1, -0.05) is 31.8 Å². The zero-order valence-corrected chi connectivity index (χ0v) is 19.4. The molecule has 0 bridgehead atoms. The van der Waals surface area contributed by atoms with E-state index in [-0.39, 0.29) is 35.6 Å². The van der Waals surface area contributed by atoms with Crippen LogP contribution in [0, 0.1) is 12.8 Å². The minimum atomic E-state index is -0.262. The third-order valence-electron chi connectivity index (χ3n) is 6.43. The quantitative estimate of drug-likeness (QED) is 0.764. The molecule has 1 aliphatic carbocycles. The number of carbonyl (C=O) groups excluding carboxylic acids is 2. The van der Waals surface area contributed by atoms with Crippen molar-refractivity contribution in [3.63, 3.8) is 0 Å². The van der Waals surface area contributed by atoms with Crippen molar-refractivity contribution in [3.8, 4) is 0 Å². The Kier molecular flexibility index (Phi) is 6.74. The summed E-state index contributed by atoms with van der Waals surface area (Å²) >= 11 is 1.52. The number of fused-ring (bicyclic) bond motifs is 1. The van der Waals surface area contributed by atoms with E-state index in [0.29, 0.717) is 37.6 Å². The van der Waals surface area contributed by atoms with Gasteiger partial charge in [0.05, 0.1) is 10.8 Å². The Morgan fingerprint density at radius 3 is 2.74 bits per heavy atom. The number of amides is 2. The van der Waals surface area contributed by atoms with E-state index in [0.717, 1.165) is 35.4 Å². The lowest BCUT2D eigenvalue weighted by Crippen LogP contribution is -2.47. The minimum Gasteiger partial charge on any atom is -0.356 e. The average Bonchev–Trinajstić information content (AvgIpc) is 3.47. The van der Waals surface area contributed by atoms with Gasteiger partial charge in [0, 0.05) is 35.8 Å². The second kappa shape index (κ2) is 9.51. The normalized spacial score (nSPS) is 25.2. The number of aryl methyl sites for hydroxylation is 1. The highest BCUT2D eigenvalue weighted by molar-refractivity contribution is 7.13. The van der Waals surface area contributed by atoms with Gasteiger partial charge in [-0.15, -0.1) is 11.3 Å². The first-order valence-corrected chi connectivity index (χ1v) is 12.2. The van der Waals surface area contributed by atoms with Crippen LogP contribution in [-0.2, 0) is 4.79 Å². The predicted octanol–water partition coefficient (Wildman–Crippen LogP) is 4.26. The zero-order chi connectivity index (χ0) is 22.0. The van der Waals surface area contributed by atoms with Crippen molar-refractivity contribution in [2.24, 2.45) is 5.92 Å². The molecular formula is C23H32N4O3S. The molecule has 0 unspecified atom stereocenters. The zero-order valence-electron chi connectivity index (χ0n) is 18.6. The molecule has 3 atom stereocenters. The summed E-state index contributed by atoms with van der Waals surface area (Å²) in [6.45, 7) is 7.45. The van der Waals surface area contributed by atoms with E-state index in [1.54, 1.807) is 0 Å². The third-order valence-corrected chi connectivity index (χ3v) is 7.41. The van der Waals surface area contributed by atoms with Crippen molar-refractivity contribution in [3.05, 3.63) is 33.6 Å². The van der Waals surface area contributed by atoms with Crippen LogP contribution in [0.15, 0.2) is 16.7 Å². The minimum absolute atomic E-state index is 0.0101. The van der Waals surface area contributed by atoms with Gasteiger partial charge in [0.15, 0.2) is 5.82 Å². The molecule has 2 aromatic rings. The molecule has 1 N–H and O–H groups in total. The molecule has 4 rings (SSSR count). The maximum absolute atomic E-state index is 13.5. The van der Waals surface area contributed by atoms with E-state index in [1.165, 1.54) is 11.3 Å². The fourth-order valence-electron chi connectivity index (χ4n) is 4.70. The molecule has 0 radical (unpaired) electrons. The Bertz CT molecular complexity index is 922. The monoisotopic (exact) mass is 444 g/mol. The molecule has 2 amide bonds. The van der Waals surface area contributed by atoms with Crippen LogP contribution in [0.5, 0.6) is 0 Å². The van der Waals surface area contributed by atoms with E-state index < -0.39 is 0 Å². The van der Waals surface area contributed by atoms with Gasteiger partial charge in [-0.05, 0) is 44.7 Å². The van der Waals surface area contributed by atoms with E-state index in [9.17, 15) is 9.59 Å². The van der Waals surface area contributed by atoms with E-state index in [4.69, 9.17) is 4.52 Å². The fraction of sp³-hybridized carbons (Fsp3) is 0.652. The lowest BCUT2D eigenvalue weighted by molar-refractivity contribution is -0.126. The molecule has 31 heavy (non-hydrogen) atoms. The summed E-state index contributed by atoms with van der Waals surface area (Å²) in [5.41, 5.74) is 0. The van der Waals surface area contributed by atoms with Crippen LogP contribution < -0.4 is 5.32 Å². The molecule has 2 aromatic heterocycles. The lowest BCUT2D eigenvalue weighted by Gasteiger charge is -2.32. The first-order chi connectivity index (χ1) is 14.9.